The van der Waals surface area contributed by atoms with E-state index in [0.29, 0.717) is 6.07 Å². The van der Waals surface area contributed by atoms with Crippen LogP contribution in [0.15, 0.2) is 42.5 Å². The zero-order valence-electron chi connectivity index (χ0n) is 11.8. The van der Waals surface area contributed by atoms with Crippen molar-refractivity contribution in [1.82, 2.24) is 0 Å². The number of anilines is 1. The smallest absolute Gasteiger partial charge is 0.335 e. The summed E-state index contributed by atoms with van der Waals surface area (Å²) < 4.78 is 0. The van der Waals surface area contributed by atoms with Crippen molar-refractivity contribution in [3.8, 4) is 0 Å². The van der Waals surface area contributed by atoms with E-state index in [-0.39, 0.29) is 16.8 Å². The Labute approximate surface area is 133 Å². The number of carboxylic acid groups (broad SMARTS) is 1. The van der Waals surface area contributed by atoms with E-state index in [1.54, 1.807) is 0 Å². The molecule has 24 heavy (non-hydrogen) atoms. The van der Waals surface area contributed by atoms with Crippen LogP contribution in [0.4, 0.5) is 17.1 Å². The third-order valence-electron chi connectivity index (χ3n) is 3.00. The summed E-state index contributed by atoms with van der Waals surface area (Å²) in [6, 6.07) is 7.90. The number of nitro groups is 2. The Morgan fingerprint density at radius 1 is 1.00 bits per heavy atom. The lowest BCUT2D eigenvalue weighted by Gasteiger charge is -2.06. The molecule has 0 aliphatic carbocycles. The van der Waals surface area contributed by atoms with Crippen LogP contribution in [0.25, 0.3) is 0 Å². The predicted molar refractivity (Wildman–Crippen MR) is 81.1 cm³/mol. The van der Waals surface area contributed by atoms with Crippen LogP contribution in [0.3, 0.4) is 0 Å². The van der Waals surface area contributed by atoms with Gasteiger partial charge in [0.15, 0.2) is 0 Å². The minimum atomic E-state index is -1.20. The van der Waals surface area contributed by atoms with Crippen LogP contribution in [0.2, 0.25) is 0 Å². The number of carboxylic acids is 1. The topological polar surface area (TPSA) is 153 Å². The van der Waals surface area contributed by atoms with Gasteiger partial charge in [0, 0.05) is 11.8 Å². The van der Waals surface area contributed by atoms with Crippen LogP contribution in [0.5, 0.6) is 0 Å². The van der Waals surface area contributed by atoms with E-state index in [2.05, 4.69) is 5.32 Å². The Hall–Kier alpha value is -3.82. The van der Waals surface area contributed by atoms with Gasteiger partial charge in [-0.3, -0.25) is 25.0 Å². The quantitative estimate of drug-likeness (QED) is 0.630. The van der Waals surface area contributed by atoms with E-state index in [9.17, 15) is 29.8 Å². The molecule has 1 amide bonds. The van der Waals surface area contributed by atoms with Gasteiger partial charge < -0.3 is 10.4 Å². The summed E-state index contributed by atoms with van der Waals surface area (Å²) in [6.07, 6.45) is 0. The van der Waals surface area contributed by atoms with Crippen LogP contribution in [0.1, 0.15) is 20.7 Å². The van der Waals surface area contributed by atoms with Crippen molar-refractivity contribution in [2.45, 2.75) is 0 Å². The van der Waals surface area contributed by atoms with E-state index >= 15 is 0 Å². The van der Waals surface area contributed by atoms with E-state index in [1.807, 2.05) is 0 Å². The fourth-order valence-corrected chi connectivity index (χ4v) is 1.91. The maximum Gasteiger partial charge on any atom is 0.335 e. The van der Waals surface area contributed by atoms with Gasteiger partial charge in [0.25, 0.3) is 17.3 Å². The second-order valence-electron chi connectivity index (χ2n) is 4.56. The second-order valence-corrected chi connectivity index (χ2v) is 4.56. The summed E-state index contributed by atoms with van der Waals surface area (Å²) in [4.78, 5) is 43.0. The molecule has 0 bridgehead atoms. The lowest BCUT2D eigenvalue weighted by atomic mass is 10.1. The number of hydrogen-bond donors (Lipinski definition) is 2. The maximum atomic E-state index is 12.2. The molecule has 0 heterocycles. The SMILES string of the molecule is O=C(O)c1cccc(NC(=O)c2ccc([N+](=O)[O-])cc2[N+](=O)[O-])c1. The van der Waals surface area contributed by atoms with Crippen molar-refractivity contribution in [2.24, 2.45) is 0 Å². The normalized spacial score (nSPS) is 10.0. The molecule has 10 nitrogen and oxygen atoms in total. The van der Waals surface area contributed by atoms with Gasteiger partial charge in [-0.15, -0.1) is 0 Å². The molecule has 0 saturated heterocycles. The van der Waals surface area contributed by atoms with Crippen LogP contribution < -0.4 is 5.32 Å². The number of nitrogens with zero attached hydrogens (tertiary/aromatic N) is 2. The Balaban J connectivity index is 2.36. The molecule has 0 aromatic heterocycles. The average Bonchev–Trinajstić information content (AvgIpc) is 2.54. The van der Waals surface area contributed by atoms with Crippen molar-refractivity contribution >= 4 is 28.9 Å². The van der Waals surface area contributed by atoms with E-state index in [1.165, 1.54) is 24.3 Å². The predicted octanol–water partition coefficient (Wildman–Crippen LogP) is 2.45. The molecule has 10 heteroatoms. The number of aromatic carboxylic acids is 1. The van der Waals surface area contributed by atoms with Gasteiger partial charge in [-0.05, 0) is 24.3 Å². The molecule has 0 spiro atoms. The van der Waals surface area contributed by atoms with E-state index in [4.69, 9.17) is 5.11 Å². The van der Waals surface area contributed by atoms with Crippen molar-refractivity contribution in [3.63, 3.8) is 0 Å². The summed E-state index contributed by atoms with van der Waals surface area (Å²) in [5, 5.41) is 32.9. The van der Waals surface area contributed by atoms with Gasteiger partial charge in [-0.2, -0.15) is 0 Å². The van der Waals surface area contributed by atoms with Crippen LogP contribution in [-0.2, 0) is 0 Å². The summed E-state index contributed by atoms with van der Waals surface area (Å²) >= 11 is 0. The molecule has 0 aliphatic heterocycles. The molecular formula is C14H9N3O7. The molecule has 0 aliphatic rings. The number of amides is 1. The minimum Gasteiger partial charge on any atom is -0.478 e. The molecule has 0 unspecified atom stereocenters. The third kappa shape index (κ3) is 3.50. The number of nitrogens with one attached hydrogen (secondary N) is 1. The molecule has 0 saturated carbocycles. The number of rotatable bonds is 5. The zero-order valence-corrected chi connectivity index (χ0v) is 11.8. The highest BCUT2D eigenvalue weighted by Crippen LogP contribution is 2.25. The molecular weight excluding hydrogens is 322 g/mol. The Morgan fingerprint density at radius 2 is 1.71 bits per heavy atom. The van der Waals surface area contributed by atoms with Crippen molar-refractivity contribution in [1.29, 1.82) is 0 Å². The lowest BCUT2D eigenvalue weighted by molar-refractivity contribution is -0.394. The number of carbonyl (C=O) groups excluding carboxylic acids is 1. The molecule has 2 aromatic rings. The van der Waals surface area contributed by atoms with Gasteiger partial charge >= 0.3 is 5.97 Å². The summed E-state index contributed by atoms with van der Waals surface area (Å²) in [5.74, 6) is -2.09. The fraction of sp³-hybridized carbons (Fsp3) is 0. The summed E-state index contributed by atoms with van der Waals surface area (Å²) in [7, 11) is 0. The first kappa shape index (κ1) is 16.5. The first-order valence-electron chi connectivity index (χ1n) is 6.37. The Morgan fingerprint density at radius 3 is 2.29 bits per heavy atom. The van der Waals surface area contributed by atoms with Gasteiger partial charge in [0.1, 0.15) is 5.56 Å². The monoisotopic (exact) mass is 331 g/mol. The summed E-state index contributed by atoms with van der Waals surface area (Å²) in [6.45, 7) is 0. The largest absolute Gasteiger partial charge is 0.478 e. The Bertz CT molecular complexity index is 863. The maximum absolute atomic E-state index is 12.2. The first-order valence-corrected chi connectivity index (χ1v) is 6.37. The van der Waals surface area contributed by atoms with Gasteiger partial charge in [-0.25, -0.2) is 4.79 Å². The molecule has 122 valence electrons. The molecule has 2 rings (SSSR count). The highest BCUT2D eigenvalue weighted by Gasteiger charge is 2.24. The highest BCUT2D eigenvalue weighted by atomic mass is 16.6. The van der Waals surface area contributed by atoms with Crippen LogP contribution in [0, 0.1) is 20.2 Å². The third-order valence-corrected chi connectivity index (χ3v) is 3.00. The number of non-ortho nitro benzene ring substituents is 1. The number of benzene rings is 2. The van der Waals surface area contributed by atoms with Crippen molar-refractivity contribution in [3.05, 3.63) is 73.8 Å². The van der Waals surface area contributed by atoms with Gasteiger partial charge in [0.2, 0.25) is 0 Å². The minimum absolute atomic E-state index is 0.0778. The number of hydrogen-bond acceptors (Lipinski definition) is 6. The molecule has 0 radical (unpaired) electrons. The fourth-order valence-electron chi connectivity index (χ4n) is 1.91. The zero-order chi connectivity index (χ0) is 17.9. The number of nitro benzene ring substituents is 2. The van der Waals surface area contributed by atoms with E-state index < -0.39 is 33.1 Å². The van der Waals surface area contributed by atoms with Gasteiger partial charge in [0.05, 0.1) is 21.5 Å². The second kappa shape index (κ2) is 6.52. The lowest BCUT2D eigenvalue weighted by Crippen LogP contribution is -2.14. The first-order chi connectivity index (χ1) is 11.3. The van der Waals surface area contributed by atoms with Crippen molar-refractivity contribution < 1.29 is 24.5 Å². The van der Waals surface area contributed by atoms with E-state index in [0.717, 1.165) is 12.1 Å². The Kier molecular flexibility index (Phi) is 4.50. The molecule has 0 atom stereocenters. The molecule has 2 aromatic carbocycles. The van der Waals surface area contributed by atoms with Gasteiger partial charge in [-0.1, -0.05) is 6.07 Å². The average molecular weight is 331 g/mol. The number of carbonyl (C=O) groups is 2. The van der Waals surface area contributed by atoms with Crippen LogP contribution in [-0.4, -0.2) is 26.8 Å². The highest BCUT2D eigenvalue weighted by molar-refractivity contribution is 6.07. The molecule has 2 N–H and O–H groups in total. The van der Waals surface area contributed by atoms with Crippen molar-refractivity contribution in [2.75, 3.05) is 5.32 Å². The molecule has 0 fully saturated rings. The summed E-state index contributed by atoms with van der Waals surface area (Å²) in [5.41, 5.74) is -1.59. The van der Waals surface area contributed by atoms with Crippen LogP contribution >= 0.6 is 0 Å². The standard InChI is InChI=1S/C14H9N3O7/c18-13(15-9-3-1-2-8(6-9)14(19)20)11-5-4-10(16(21)22)7-12(11)17(23)24/h1-7H,(H,15,18)(H,19,20).